The molecule has 1 aromatic rings. The molecule has 6 nitrogen and oxygen atoms in total. The minimum Gasteiger partial charge on any atom is -0.376 e. The maximum atomic E-state index is 12.2. The molecule has 6 heteroatoms. The van der Waals surface area contributed by atoms with Crippen LogP contribution in [0.15, 0.2) is 6.07 Å². The van der Waals surface area contributed by atoms with E-state index in [9.17, 15) is 4.79 Å². The van der Waals surface area contributed by atoms with Crippen molar-refractivity contribution in [1.82, 2.24) is 15.3 Å². The third-order valence-corrected chi connectivity index (χ3v) is 3.09. The third-order valence-electron chi connectivity index (χ3n) is 3.09. The van der Waals surface area contributed by atoms with Gasteiger partial charge in [0.2, 0.25) is 0 Å². The summed E-state index contributed by atoms with van der Waals surface area (Å²) >= 11 is 0. The number of ether oxygens (including phenoxy) is 1. The summed E-state index contributed by atoms with van der Waals surface area (Å²) in [6.07, 6.45) is 2.40. The molecule has 2 heterocycles. The minimum absolute atomic E-state index is 0.187. The molecule has 2 rings (SSSR count). The molecule has 21 heavy (non-hydrogen) atoms. The fourth-order valence-electron chi connectivity index (χ4n) is 2.20. The molecule has 1 unspecified atom stereocenters. The molecular formula is C15H24N4O2. The first-order valence-electron chi connectivity index (χ1n) is 7.37. The summed E-state index contributed by atoms with van der Waals surface area (Å²) in [5.41, 5.74) is 0.0913. The van der Waals surface area contributed by atoms with Gasteiger partial charge in [0, 0.05) is 24.8 Å². The van der Waals surface area contributed by atoms with Crippen LogP contribution < -0.4 is 10.6 Å². The molecule has 1 aliphatic heterocycles. The van der Waals surface area contributed by atoms with Gasteiger partial charge in [-0.15, -0.1) is 0 Å². The molecule has 1 aromatic heterocycles. The first-order chi connectivity index (χ1) is 9.83. The summed E-state index contributed by atoms with van der Waals surface area (Å²) in [6, 6.07) is 1.68. The standard InChI is InChI=1S/C15H24N4O2/c1-10-17-12(14(20)19-15(2,3)4)8-13(18-10)16-9-11-6-5-7-21-11/h8,11H,5-7,9H2,1-4H3,(H,19,20)(H,16,17,18). The lowest BCUT2D eigenvalue weighted by Gasteiger charge is -2.20. The quantitative estimate of drug-likeness (QED) is 0.886. The van der Waals surface area contributed by atoms with Gasteiger partial charge in [-0.1, -0.05) is 0 Å². The van der Waals surface area contributed by atoms with Crippen molar-refractivity contribution in [3.63, 3.8) is 0 Å². The van der Waals surface area contributed by atoms with Gasteiger partial charge >= 0.3 is 0 Å². The molecule has 0 bridgehead atoms. The summed E-state index contributed by atoms with van der Waals surface area (Å²) in [5.74, 6) is 1.05. The Kier molecular flexibility index (Phi) is 4.77. The smallest absolute Gasteiger partial charge is 0.270 e. The topological polar surface area (TPSA) is 76.1 Å². The summed E-state index contributed by atoms with van der Waals surface area (Å²) in [7, 11) is 0. The highest BCUT2D eigenvalue weighted by atomic mass is 16.5. The first kappa shape index (κ1) is 15.7. The monoisotopic (exact) mass is 292 g/mol. The largest absolute Gasteiger partial charge is 0.376 e. The van der Waals surface area contributed by atoms with E-state index >= 15 is 0 Å². The lowest BCUT2D eigenvalue weighted by molar-refractivity contribution is 0.0914. The number of carbonyl (C=O) groups is 1. The fourth-order valence-corrected chi connectivity index (χ4v) is 2.20. The Morgan fingerprint density at radius 1 is 1.43 bits per heavy atom. The van der Waals surface area contributed by atoms with Gasteiger partial charge in [0.05, 0.1) is 6.10 Å². The van der Waals surface area contributed by atoms with Crippen molar-refractivity contribution >= 4 is 11.7 Å². The number of anilines is 1. The predicted octanol–water partition coefficient (Wildman–Crippen LogP) is 1.90. The van der Waals surface area contributed by atoms with Crippen molar-refractivity contribution in [1.29, 1.82) is 0 Å². The van der Waals surface area contributed by atoms with Crippen LogP contribution in [0.5, 0.6) is 0 Å². The van der Waals surface area contributed by atoms with Crippen LogP contribution in [0.3, 0.4) is 0 Å². The van der Waals surface area contributed by atoms with Crippen LogP contribution in [0.1, 0.15) is 49.9 Å². The summed E-state index contributed by atoms with van der Waals surface area (Å²) in [6.45, 7) is 9.14. The van der Waals surface area contributed by atoms with E-state index in [2.05, 4.69) is 20.6 Å². The lowest BCUT2D eigenvalue weighted by atomic mass is 10.1. The van der Waals surface area contributed by atoms with E-state index in [1.54, 1.807) is 13.0 Å². The van der Waals surface area contributed by atoms with Crippen LogP contribution in [0, 0.1) is 6.92 Å². The second kappa shape index (κ2) is 6.39. The van der Waals surface area contributed by atoms with Crippen LogP contribution in [0.25, 0.3) is 0 Å². The van der Waals surface area contributed by atoms with Crippen LogP contribution >= 0.6 is 0 Å². The molecule has 116 valence electrons. The van der Waals surface area contributed by atoms with Crippen LogP contribution in [0.2, 0.25) is 0 Å². The van der Waals surface area contributed by atoms with E-state index in [4.69, 9.17) is 4.74 Å². The number of rotatable bonds is 4. The molecule has 0 aliphatic carbocycles. The van der Waals surface area contributed by atoms with Gasteiger partial charge in [0.15, 0.2) is 0 Å². The Morgan fingerprint density at radius 3 is 2.81 bits per heavy atom. The predicted molar refractivity (Wildman–Crippen MR) is 81.5 cm³/mol. The Labute approximate surface area is 125 Å². The van der Waals surface area contributed by atoms with Crippen molar-refractivity contribution in [3.8, 4) is 0 Å². The van der Waals surface area contributed by atoms with Crippen molar-refractivity contribution < 1.29 is 9.53 Å². The first-order valence-corrected chi connectivity index (χ1v) is 7.37. The van der Waals surface area contributed by atoms with Crippen molar-refractivity contribution in [3.05, 3.63) is 17.6 Å². The number of amides is 1. The number of hydrogen-bond acceptors (Lipinski definition) is 5. The SMILES string of the molecule is Cc1nc(NCC2CCCO2)cc(C(=O)NC(C)(C)C)n1. The number of nitrogens with zero attached hydrogens (tertiary/aromatic N) is 2. The van der Waals surface area contributed by atoms with Crippen molar-refractivity contribution in [2.75, 3.05) is 18.5 Å². The van der Waals surface area contributed by atoms with Crippen molar-refractivity contribution in [2.24, 2.45) is 0 Å². The Morgan fingerprint density at radius 2 is 2.19 bits per heavy atom. The summed E-state index contributed by atoms with van der Waals surface area (Å²) in [4.78, 5) is 20.7. The van der Waals surface area contributed by atoms with Gasteiger partial charge < -0.3 is 15.4 Å². The summed E-state index contributed by atoms with van der Waals surface area (Å²) < 4.78 is 5.56. The number of carbonyl (C=O) groups excluding carboxylic acids is 1. The Balaban J connectivity index is 2.03. The van der Waals surface area contributed by atoms with E-state index in [1.165, 1.54) is 0 Å². The molecule has 0 spiro atoms. The van der Waals surface area contributed by atoms with E-state index in [0.717, 1.165) is 19.4 Å². The number of nitrogens with one attached hydrogen (secondary N) is 2. The third kappa shape index (κ3) is 4.97. The van der Waals surface area contributed by atoms with Gasteiger partial charge in [-0.3, -0.25) is 4.79 Å². The molecule has 1 aliphatic rings. The molecule has 0 saturated carbocycles. The van der Waals surface area contributed by atoms with E-state index in [0.29, 0.717) is 23.9 Å². The zero-order valence-corrected chi connectivity index (χ0v) is 13.2. The van der Waals surface area contributed by atoms with Gasteiger partial charge in [-0.25, -0.2) is 9.97 Å². The number of hydrogen-bond donors (Lipinski definition) is 2. The van der Waals surface area contributed by atoms with Crippen molar-refractivity contribution in [2.45, 2.75) is 52.2 Å². The second-order valence-corrected chi connectivity index (χ2v) is 6.41. The van der Waals surface area contributed by atoms with Crippen LogP contribution in [-0.2, 0) is 4.74 Å². The Bertz CT molecular complexity index is 505. The maximum absolute atomic E-state index is 12.2. The van der Waals surface area contributed by atoms with E-state index in [1.807, 2.05) is 20.8 Å². The molecule has 1 amide bonds. The molecule has 2 N–H and O–H groups in total. The van der Waals surface area contributed by atoms with Crippen LogP contribution in [0.4, 0.5) is 5.82 Å². The Hall–Kier alpha value is -1.69. The highest BCUT2D eigenvalue weighted by Crippen LogP contribution is 2.14. The zero-order chi connectivity index (χ0) is 15.5. The molecule has 1 fully saturated rings. The highest BCUT2D eigenvalue weighted by Gasteiger charge is 2.18. The molecule has 1 atom stereocenters. The average Bonchev–Trinajstić information content (AvgIpc) is 2.86. The normalized spacial score (nSPS) is 18.6. The van der Waals surface area contributed by atoms with Gasteiger partial charge in [0.1, 0.15) is 17.3 Å². The molecular weight excluding hydrogens is 268 g/mol. The van der Waals surface area contributed by atoms with Gasteiger partial charge in [-0.2, -0.15) is 0 Å². The summed E-state index contributed by atoms with van der Waals surface area (Å²) in [5, 5.41) is 6.13. The molecule has 0 radical (unpaired) electrons. The number of aryl methyl sites for hydroxylation is 1. The lowest BCUT2D eigenvalue weighted by Crippen LogP contribution is -2.41. The van der Waals surface area contributed by atoms with Gasteiger partial charge in [0.25, 0.3) is 5.91 Å². The molecule has 0 aromatic carbocycles. The minimum atomic E-state index is -0.290. The van der Waals surface area contributed by atoms with E-state index in [-0.39, 0.29) is 17.6 Å². The molecule has 1 saturated heterocycles. The maximum Gasteiger partial charge on any atom is 0.270 e. The van der Waals surface area contributed by atoms with Crippen LogP contribution in [-0.4, -0.2) is 40.7 Å². The number of aromatic nitrogens is 2. The van der Waals surface area contributed by atoms with E-state index < -0.39 is 0 Å². The van der Waals surface area contributed by atoms with Gasteiger partial charge in [-0.05, 0) is 40.5 Å². The average molecular weight is 292 g/mol. The zero-order valence-electron chi connectivity index (χ0n) is 13.2. The fraction of sp³-hybridized carbons (Fsp3) is 0.667. The second-order valence-electron chi connectivity index (χ2n) is 6.41. The highest BCUT2D eigenvalue weighted by molar-refractivity contribution is 5.93.